The van der Waals surface area contributed by atoms with Gasteiger partial charge in [0, 0.05) is 13.1 Å². The van der Waals surface area contributed by atoms with Crippen LogP contribution in [0, 0.1) is 11.7 Å². The summed E-state index contributed by atoms with van der Waals surface area (Å²) >= 11 is 0. The number of halogens is 1. The quantitative estimate of drug-likeness (QED) is 0.880. The van der Waals surface area contributed by atoms with E-state index in [1.165, 1.54) is 12.5 Å². The van der Waals surface area contributed by atoms with Crippen molar-refractivity contribution in [1.29, 1.82) is 0 Å². The van der Waals surface area contributed by atoms with Gasteiger partial charge in [0.25, 0.3) is 5.91 Å². The van der Waals surface area contributed by atoms with Gasteiger partial charge in [0.1, 0.15) is 5.82 Å². The molecule has 3 nitrogen and oxygen atoms in total. The fourth-order valence-corrected chi connectivity index (χ4v) is 2.80. The molecule has 2 N–H and O–H groups in total. The molecule has 104 valence electrons. The molecule has 1 saturated carbocycles. The van der Waals surface area contributed by atoms with Crippen LogP contribution in [0.4, 0.5) is 10.1 Å². The molecule has 1 aromatic carbocycles. The van der Waals surface area contributed by atoms with Crippen LogP contribution in [0.1, 0.15) is 43.0 Å². The molecule has 0 spiro atoms. The number of hydrogen-bond donors (Lipinski definition) is 2. The van der Waals surface area contributed by atoms with Crippen molar-refractivity contribution in [2.24, 2.45) is 5.92 Å². The minimum absolute atomic E-state index is 0.192. The predicted molar refractivity (Wildman–Crippen MR) is 74.8 cm³/mol. The Morgan fingerprint density at radius 1 is 1.37 bits per heavy atom. The van der Waals surface area contributed by atoms with Crippen molar-refractivity contribution in [1.82, 2.24) is 5.32 Å². The van der Waals surface area contributed by atoms with Crippen molar-refractivity contribution in [3.05, 3.63) is 29.6 Å². The Labute approximate surface area is 113 Å². The Morgan fingerprint density at radius 3 is 2.84 bits per heavy atom. The molecule has 1 aromatic rings. The Balaban J connectivity index is 2.09. The van der Waals surface area contributed by atoms with E-state index in [9.17, 15) is 9.18 Å². The second-order valence-corrected chi connectivity index (χ2v) is 5.35. The third-order valence-corrected chi connectivity index (χ3v) is 3.78. The maximum Gasteiger partial charge on any atom is 0.253 e. The lowest BCUT2D eigenvalue weighted by Gasteiger charge is -2.27. The van der Waals surface area contributed by atoms with Gasteiger partial charge >= 0.3 is 0 Å². The Hall–Kier alpha value is -1.58. The summed E-state index contributed by atoms with van der Waals surface area (Å²) in [6.45, 7) is 2.21. The van der Waals surface area contributed by atoms with E-state index in [1.54, 1.807) is 19.2 Å². The van der Waals surface area contributed by atoms with E-state index in [-0.39, 0.29) is 17.6 Å². The molecule has 4 heteroatoms. The third-order valence-electron chi connectivity index (χ3n) is 3.78. The van der Waals surface area contributed by atoms with E-state index in [1.807, 2.05) is 0 Å². The van der Waals surface area contributed by atoms with Gasteiger partial charge < -0.3 is 10.6 Å². The van der Waals surface area contributed by atoms with Crippen LogP contribution in [0.5, 0.6) is 0 Å². The van der Waals surface area contributed by atoms with Crippen molar-refractivity contribution in [2.75, 3.05) is 12.4 Å². The number of rotatable bonds is 3. The van der Waals surface area contributed by atoms with Crippen LogP contribution in [-0.4, -0.2) is 19.0 Å². The number of hydrogen-bond acceptors (Lipinski definition) is 2. The molecule has 0 bridgehead atoms. The molecule has 19 heavy (non-hydrogen) atoms. The summed E-state index contributed by atoms with van der Waals surface area (Å²) in [5, 5.41) is 5.78. The summed E-state index contributed by atoms with van der Waals surface area (Å²) in [7, 11) is 1.62. The summed E-state index contributed by atoms with van der Waals surface area (Å²) in [6, 6.07) is 4.78. The molecule has 0 heterocycles. The molecule has 2 unspecified atom stereocenters. The largest absolute Gasteiger partial charge is 0.385 e. The lowest BCUT2D eigenvalue weighted by Crippen LogP contribution is -2.38. The molecule has 1 amide bonds. The number of anilines is 1. The molecule has 2 atom stereocenters. The van der Waals surface area contributed by atoms with Gasteiger partial charge in [-0.3, -0.25) is 4.79 Å². The fourth-order valence-electron chi connectivity index (χ4n) is 2.80. The fraction of sp³-hybridized carbons (Fsp3) is 0.533. The predicted octanol–water partition coefficient (Wildman–Crippen LogP) is 3.18. The van der Waals surface area contributed by atoms with E-state index < -0.39 is 5.82 Å². The van der Waals surface area contributed by atoms with Gasteiger partial charge in [-0.25, -0.2) is 4.39 Å². The van der Waals surface area contributed by atoms with Gasteiger partial charge in [-0.05, 0) is 30.9 Å². The molecular weight excluding hydrogens is 243 g/mol. The van der Waals surface area contributed by atoms with Crippen LogP contribution in [-0.2, 0) is 0 Å². The number of nitrogens with one attached hydrogen (secondary N) is 2. The van der Waals surface area contributed by atoms with Crippen molar-refractivity contribution in [3.63, 3.8) is 0 Å². The molecule has 0 aromatic heterocycles. The van der Waals surface area contributed by atoms with Crippen molar-refractivity contribution in [3.8, 4) is 0 Å². The highest BCUT2D eigenvalue weighted by Crippen LogP contribution is 2.25. The van der Waals surface area contributed by atoms with Crippen LogP contribution in [0.15, 0.2) is 18.2 Å². The van der Waals surface area contributed by atoms with Crippen molar-refractivity contribution >= 4 is 11.6 Å². The highest BCUT2D eigenvalue weighted by Gasteiger charge is 2.22. The van der Waals surface area contributed by atoms with E-state index in [2.05, 4.69) is 17.6 Å². The molecular formula is C15H21FN2O. The second-order valence-electron chi connectivity index (χ2n) is 5.35. The monoisotopic (exact) mass is 264 g/mol. The first-order chi connectivity index (χ1) is 9.11. The third kappa shape index (κ3) is 3.25. The molecule has 1 aliphatic rings. The van der Waals surface area contributed by atoms with Crippen molar-refractivity contribution in [2.45, 2.75) is 38.6 Å². The number of benzene rings is 1. The van der Waals surface area contributed by atoms with Gasteiger partial charge in [0.15, 0.2) is 0 Å². The van der Waals surface area contributed by atoms with Gasteiger partial charge in [-0.1, -0.05) is 25.8 Å². The van der Waals surface area contributed by atoms with Gasteiger partial charge in [0.05, 0.1) is 11.3 Å². The number of para-hydroxylation sites is 1. The minimum atomic E-state index is -0.396. The first-order valence-corrected chi connectivity index (χ1v) is 6.89. The average Bonchev–Trinajstić information content (AvgIpc) is 2.38. The molecule has 0 saturated heterocycles. The normalized spacial score (nSPS) is 22.9. The zero-order valence-electron chi connectivity index (χ0n) is 11.5. The SMILES string of the molecule is CNc1c(F)cccc1C(=O)NC1CCCC(C)C1. The molecule has 1 aliphatic carbocycles. The molecule has 0 aliphatic heterocycles. The minimum Gasteiger partial charge on any atom is -0.385 e. The summed E-state index contributed by atoms with van der Waals surface area (Å²) in [5.74, 6) is 0.0606. The number of amides is 1. The number of carbonyl (C=O) groups excluding carboxylic acids is 1. The lowest BCUT2D eigenvalue weighted by molar-refractivity contribution is 0.0922. The maximum atomic E-state index is 13.6. The summed E-state index contributed by atoms with van der Waals surface area (Å²) < 4.78 is 13.6. The molecule has 0 radical (unpaired) electrons. The van der Waals surface area contributed by atoms with E-state index >= 15 is 0 Å². The van der Waals surface area contributed by atoms with Gasteiger partial charge in [0.2, 0.25) is 0 Å². The number of carbonyl (C=O) groups is 1. The van der Waals surface area contributed by atoms with Crippen LogP contribution < -0.4 is 10.6 Å². The Bertz CT molecular complexity index is 461. The summed E-state index contributed by atoms with van der Waals surface area (Å²) in [5.41, 5.74) is 0.643. The van der Waals surface area contributed by atoms with Crippen LogP contribution in [0.3, 0.4) is 0 Å². The highest BCUT2D eigenvalue weighted by atomic mass is 19.1. The molecule has 2 rings (SSSR count). The summed E-state index contributed by atoms with van der Waals surface area (Å²) in [6.07, 6.45) is 4.40. The van der Waals surface area contributed by atoms with Gasteiger partial charge in [-0.2, -0.15) is 0 Å². The van der Waals surface area contributed by atoms with Crippen molar-refractivity contribution < 1.29 is 9.18 Å². The topological polar surface area (TPSA) is 41.1 Å². The molecule has 1 fully saturated rings. The smallest absolute Gasteiger partial charge is 0.253 e. The zero-order valence-corrected chi connectivity index (χ0v) is 11.5. The standard InChI is InChI=1S/C15H21FN2O/c1-10-5-3-6-11(9-10)18-15(19)12-7-4-8-13(16)14(12)17-2/h4,7-8,10-11,17H,3,5-6,9H2,1-2H3,(H,18,19). The Kier molecular flexibility index (Phi) is 4.40. The Morgan fingerprint density at radius 2 is 2.16 bits per heavy atom. The average molecular weight is 264 g/mol. The summed E-state index contributed by atoms with van der Waals surface area (Å²) in [4.78, 5) is 12.2. The maximum absolute atomic E-state index is 13.6. The first kappa shape index (κ1) is 13.8. The van der Waals surface area contributed by atoms with E-state index in [4.69, 9.17) is 0 Å². The van der Waals surface area contributed by atoms with E-state index in [0.717, 1.165) is 19.3 Å². The zero-order chi connectivity index (χ0) is 13.8. The van der Waals surface area contributed by atoms with Crippen LogP contribution >= 0.6 is 0 Å². The van der Waals surface area contributed by atoms with Crippen LogP contribution in [0.25, 0.3) is 0 Å². The van der Waals surface area contributed by atoms with Gasteiger partial charge in [-0.15, -0.1) is 0 Å². The first-order valence-electron chi connectivity index (χ1n) is 6.89. The van der Waals surface area contributed by atoms with Crippen LogP contribution in [0.2, 0.25) is 0 Å². The van der Waals surface area contributed by atoms with E-state index in [0.29, 0.717) is 11.5 Å². The lowest BCUT2D eigenvalue weighted by atomic mass is 9.87. The second kappa shape index (κ2) is 6.04. The highest BCUT2D eigenvalue weighted by molar-refractivity contribution is 5.99.